The molecule has 3 heteroatoms. The van der Waals surface area contributed by atoms with E-state index in [2.05, 4.69) is 48.3 Å². The fraction of sp³-hybridized carbons (Fsp3) is 0.529. The lowest BCUT2D eigenvalue weighted by atomic mass is 9.69. The third-order valence-corrected chi connectivity index (χ3v) is 5.34. The molecule has 2 aromatic rings. The second-order valence-corrected chi connectivity index (χ2v) is 6.60. The van der Waals surface area contributed by atoms with E-state index in [9.17, 15) is 0 Å². The molecular formula is C17H22N2O. The van der Waals surface area contributed by atoms with E-state index >= 15 is 0 Å². The van der Waals surface area contributed by atoms with Crippen LogP contribution < -0.4 is 0 Å². The Hall–Kier alpha value is -1.32. The average Bonchev–Trinajstić information content (AvgIpc) is 2.85. The van der Waals surface area contributed by atoms with Crippen LogP contribution >= 0.6 is 0 Å². The van der Waals surface area contributed by atoms with Crippen molar-refractivity contribution < 1.29 is 4.74 Å². The number of likely N-dealkylation sites (N-methyl/N-ethyl adjacent to an activating group) is 1. The molecule has 1 aliphatic carbocycles. The van der Waals surface area contributed by atoms with Crippen molar-refractivity contribution in [1.29, 1.82) is 0 Å². The minimum atomic E-state index is -0.152. The number of methoxy groups -OCH3 is 1. The molecule has 1 fully saturated rings. The Morgan fingerprint density at radius 1 is 1.40 bits per heavy atom. The molecule has 0 saturated carbocycles. The van der Waals surface area contributed by atoms with E-state index in [4.69, 9.17) is 4.74 Å². The molecule has 0 spiro atoms. The summed E-state index contributed by atoms with van der Waals surface area (Å²) in [6.45, 7) is 3.49. The van der Waals surface area contributed by atoms with Gasteiger partial charge in [0.05, 0.1) is 0 Å². The Bertz CT molecular complexity index is 662. The number of nitrogens with zero attached hydrogens (tertiary/aromatic N) is 1. The molecule has 1 N–H and O–H groups in total. The van der Waals surface area contributed by atoms with Gasteiger partial charge in [0.1, 0.15) is 5.60 Å². The molecule has 4 rings (SSSR count). The highest BCUT2D eigenvalue weighted by molar-refractivity contribution is 5.88. The summed E-state index contributed by atoms with van der Waals surface area (Å²) in [6.07, 6.45) is 4.37. The molecule has 2 aliphatic rings. The van der Waals surface area contributed by atoms with E-state index in [1.165, 1.54) is 22.0 Å². The molecule has 0 bridgehead atoms. The molecule has 0 amide bonds. The van der Waals surface area contributed by atoms with E-state index in [-0.39, 0.29) is 5.60 Å². The second kappa shape index (κ2) is 4.09. The summed E-state index contributed by atoms with van der Waals surface area (Å²) in [5.74, 6) is 0.659. The minimum Gasteiger partial charge on any atom is -0.372 e. The topological polar surface area (TPSA) is 28.3 Å². The Balaban J connectivity index is 2.00. The molecule has 3 atom stereocenters. The number of aromatic nitrogens is 1. The summed E-state index contributed by atoms with van der Waals surface area (Å²) in [7, 11) is 4.13. The van der Waals surface area contributed by atoms with Crippen molar-refractivity contribution >= 4 is 10.9 Å². The van der Waals surface area contributed by atoms with Gasteiger partial charge >= 0.3 is 0 Å². The molecule has 0 radical (unpaired) electrons. The summed E-state index contributed by atoms with van der Waals surface area (Å²) in [4.78, 5) is 5.92. The minimum absolute atomic E-state index is 0.152. The number of aromatic amines is 1. The molecule has 2 unspecified atom stereocenters. The smallest absolute Gasteiger partial charge is 0.109 e. The first kappa shape index (κ1) is 12.4. The fourth-order valence-electron chi connectivity index (χ4n) is 4.61. The molecule has 1 aromatic carbocycles. The zero-order valence-electron chi connectivity index (χ0n) is 12.4. The highest BCUT2D eigenvalue weighted by Gasteiger charge is 2.50. The standard InChI is InChI=1S/C17H22N2O/c1-11-8-17(20-3)13-5-4-6-14-16(13)12(9-18-14)7-15(17)19(2)10-11/h4-6,9,11,15,18H,7-8,10H2,1-3H3/t11?,15-,17?/m1/s1. The van der Waals surface area contributed by atoms with E-state index in [1.807, 2.05) is 7.11 Å². The van der Waals surface area contributed by atoms with E-state index in [1.54, 1.807) is 0 Å². The van der Waals surface area contributed by atoms with E-state index in [0.717, 1.165) is 19.4 Å². The van der Waals surface area contributed by atoms with Crippen LogP contribution in [0.4, 0.5) is 0 Å². The van der Waals surface area contributed by atoms with Crippen molar-refractivity contribution in [3.05, 3.63) is 35.5 Å². The van der Waals surface area contributed by atoms with E-state index < -0.39 is 0 Å². The quantitative estimate of drug-likeness (QED) is 0.863. The number of piperidine rings is 1. The Morgan fingerprint density at radius 2 is 2.25 bits per heavy atom. The van der Waals surface area contributed by atoms with Gasteiger partial charge in [-0.2, -0.15) is 0 Å². The lowest BCUT2D eigenvalue weighted by molar-refractivity contribution is -0.122. The van der Waals surface area contributed by atoms with Gasteiger partial charge in [0.2, 0.25) is 0 Å². The van der Waals surface area contributed by atoms with Crippen LogP contribution in [0.5, 0.6) is 0 Å². The monoisotopic (exact) mass is 270 g/mol. The van der Waals surface area contributed by atoms with Gasteiger partial charge in [-0.05, 0) is 43.0 Å². The van der Waals surface area contributed by atoms with E-state index in [0.29, 0.717) is 12.0 Å². The number of H-pyrrole nitrogens is 1. The first-order valence-electron chi connectivity index (χ1n) is 7.50. The molecule has 2 heterocycles. The Kier molecular flexibility index (Phi) is 2.54. The summed E-state index contributed by atoms with van der Waals surface area (Å²) >= 11 is 0. The van der Waals surface area contributed by atoms with Crippen LogP contribution in [-0.2, 0) is 16.8 Å². The maximum Gasteiger partial charge on any atom is 0.109 e. The number of hydrogen-bond acceptors (Lipinski definition) is 2. The first-order chi connectivity index (χ1) is 9.65. The number of fused-ring (bicyclic) bond motifs is 2. The van der Waals surface area contributed by atoms with Crippen LogP contribution in [0.1, 0.15) is 24.5 Å². The number of benzene rings is 1. The van der Waals surface area contributed by atoms with Crippen LogP contribution in [0.25, 0.3) is 10.9 Å². The van der Waals surface area contributed by atoms with Crippen molar-refractivity contribution in [3.8, 4) is 0 Å². The number of rotatable bonds is 1. The summed E-state index contributed by atoms with van der Waals surface area (Å²) < 4.78 is 6.18. The van der Waals surface area contributed by atoms with Gasteiger partial charge in [-0.1, -0.05) is 19.1 Å². The van der Waals surface area contributed by atoms with Gasteiger partial charge in [0.25, 0.3) is 0 Å². The van der Waals surface area contributed by atoms with Gasteiger partial charge in [-0.3, -0.25) is 4.90 Å². The van der Waals surface area contributed by atoms with Crippen LogP contribution in [0.2, 0.25) is 0 Å². The maximum atomic E-state index is 6.18. The fourth-order valence-corrected chi connectivity index (χ4v) is 4.61. The van der Waals surface area contributed by atoms with Crippen molar-refractivity contribution in [2.45, 2.75) is 31.4 Å². The average molecular weight is 270 g/mol. The van der Waals surface area contributed by atoms with Crippen LogP contribution in [0.15, 0.2) is 24.4 Å². The summed E-state index contributed by atoms with van der Waals surface area (Å²) in [6, 6.07) is 7.03. The third-order valence-electron chi connectivity index (χ3n) is 5.34. The van der Waals surface area contributed by atoms with Crippen molar-refractivity contribution in [1.82, 2.24) is 9.88 Å². The summed E-state index contributed by atoms with van der Waals surface area (Å²) in [5, 5.41) is 1.40. The SMILES string of the molecule is COC12CC(C)CN(C)[C@@H]1Cc1c[nH]c3cccc2c13. The van der Waals surface area contributed by atoms with Crippen molar-refractivity contribution in [2.24, 2.45) is 5.92 Å². The molecule has 20 heavy (non-hydrogen) atoms. The molecule has 106 valence electrons. The van der Waals surface area contributed by atoms with Crippen LogP contribution in [-0.4, -0.2) is 36.6 Å². The largest absolute Gasteiger partial charge is 0.372 e. The maximum absolute atomic E-state index is 6.18. The molecular weight excluding hydrogens is 248 g/mol. The molecule has 1 saturated heterocycles. The normalized spacial score (nSPS) is 33.4. The number of ether oxygens (including phenoxy) is 1. The second-order valence-electron chi connectivity index (χ2n) is 6.60. The van der Waals surface area contributed by atoms with Crippen molar-refractivity contribution in [2.75, 3.05) is 20.7 Å². The van der Waals surface area contributed by atoms with Crippen LogP contribution in [0.3, 0.4) is 0 Å². The lowest BCUT2D eigenvalue weighted by Crippen LogP contribution is -2.58. The Labute approximate surface area is 119 Å². The van der Waals surface area contributed by atoms with Gasteiger partial charge in [0, 0.05) is 36.8 Å². The third kappa shape index (κ3) is 1.42. The van der Waals surface area contributed by atoms with Gasteiger partial charge in [-0.25, -0.2) is 0 Å². The zero-order valence-corrected chi connectivity index (χ0v) is 12.4. The highest BCUT2D eigenvalue weighted by Crippen LogP contribution is 2.49. The van der Waals surface area contributed by atoms with Crippen LogP contribution in [0, 0.1) is 5.92 Å². The lowest BCUT2D eigenvalue weighted by Gasteiger charge is -2.52. The first-order valence-corrected chi connectivity index (χ1v) is 7.50. The van der Waals surface area contributed by atoms with Gasteiger partial charge < -0.3 is 9.72 Å². The molecule has 3 nitrogen and oxygen atoms in total. The van der Waals surface area contributed by atoms with Crippen molar-refractivity contribution in [3.63, 3.8) is 0 Å². The number of nitrogens with one attached hydrogen (secondary N) is 1. The summed E-state index contributed by atoms with van der Waals surface area (Å²) in [5.41, 5.74) is 3.91. The molecule has 1 aromatic heterocycles. The molecule has 1 aliphatic heterocycles. The highest BCUT2D eigenvalue weighted by atomic mass is 16.5. The number of likely N-dealkylation sites (tertiary alicyclic amines) is 1. The number of hydrogen-bond donors (Lipinski definition) is 1. The van der Waals surface area contributed by atoms with Gasteiger partial charge in [-0.15, -0.1) is 0 Å². The Morgan fingerprint density at radius 3 is 3.05 bits per heavy atom. The van der Waals surface area contributed by atoms with Gasteiger partial charge in [0.15, 0.2) is 0 Å². The zero-order chi connectivity index (χ0) is 13.9. The predicted molar refractivity (Wildman–Crippen MR) is 80.9 cm³/mol. The predicted octanol–water partition coefficient (Wildman–Crippen LogP) is 2.91.